The molecule has 2 rings (SSSR count). The average molecular weight is 381 g/mol. The van der Waals surface area contributed by atoms with Crippen LogP contribution in [0.2, 0.25) is 10.0 Å². The molecule has 0 saturated carbocycles. The molecule has 2 aromatic rings. The van der Waals surface area contributed by atoms with Gasteiger partial charge in [0.2, 0.25) is 5.91 Å². The number of para-hydroxylation sites is 1. The third-order valence-corrected chi connectivity index (χ3v) is 3.97. The van der Waals surface area contributed by atoms with Gasteiger partial charge in [0, 0.05) is 5.02 Å². The van der Waals surface area contributed by atoms with E-state index in [2.05, 4.69) is 10.6 Å². The molecule has 7 heteroatoms. The van der Waals surface area contributed by atoms with Gasteiger partial charge in [0.05, 0.1) is 17.3 Å². The molecule has 2 N–H and O–H groups in total. The summed E-state index contributed by atoms with van der Waals surface area (Å²) < 4.78 is 5.53. The van der Waals surface area contributed by atoms with Crippen LogP contribution in [0.1, 0.15) is 11.1 Å². The molecule has 0 fully saturated rings. The van der Waals surface area contributed by atoms with Crippen molar-refractivity contribution in [1.82, 2.24) is 5.32 Å². The maximum absolute atomic E-state index is 11.9. The summed E-state index contributed by atoms with van der Waals surface area (Å²) in [7, 11) is 0. The fourth-order valence-corrected chi connectivity index (χ4v) is 2.52. The van der Waals surface area contributed by atoms with Gasteiger partial charge in [-0.3, -0.25) is 9.59 Å². The lowest BCUT2D eigenvalue weighted by molar-refractivity contribution is -0.125. The van der Waals surface area contributed by atoms with Gasteiger partial charge in [-0.1, -0.05) is 41.4 Å². The van der Waals surface area contributed by atoms with Crippen LogP contribution in [0.5, 0.6) is 5.75 Å². The maximum atomic E-state index is 11.9. The predicted octanol–water partition coefficient (Wildman–Crippen LogP) is 3.74. The van der Waals surface area contributed by atoms with Crippen molar-refractivity contribution >= 4 is 40.7 Å². The number of carbonyl (C=O) groups excluding carboxylic acids is 2. The van der Waals surface area contributed by atoms with Crippen molar-refractivity contribution in [2.45, 2.75) is 13.8 Å². The van der Waals surface area contributed by atoms with Gasteiger partial charge in [-0.2, -0.15) is 0 Å². The summed E-state index contributed by atoms with van der Waals surface area (Å²) in [4.78, 5) is 23.7. The molecule has 0 aliphatic rings. The first-order valence-electron chi connectivity index (χ1n) is 7.57. The van der Waals surface area contributed by atoms with E-state index in [1.54, 1.807) is 12.1 Å². The van der Waals surface area contributed by atoms with Crippen LogP contribution in [-0.4, -0.2) is 25.0 Å². The molecule has 0 aliphatic carbocycles. The molecule has 0 radical (unpaired) electrons. The Morgan fingerprint density at radius 2 is 1.72 bits per heavy atom. The Labute approximate surface area is 156 Å². The Kier molecular flexibility index (Phi) is 6.67. The number of aryl methyl sites for hydroxylation is 2. The van der Waals surface area contributed by atoms with Crippen LogP contribution in [0.25, 0.3) is 0 Å². The van der Waals surface area contributed by atoms with Crippen molar-refractivity contribution in [3.05, 3.63) is 57.6 Å². The summed E-state index contributed by atoms with van der Waals surface area (Å²) >= 11 is 11.8. The van der Waals surface area contributed by atoms with E-state index in [0.717, 1.165) is 11.1 Å². The molecule has 25 heavy (non-hydrogen) atoms. The normalized spacial score (nSPS) is 10.2. The minimum atomic E-state index is -0.412. The van der Waals surface area contributed by atoms with Crippen LogP contribution in [-0.2, 0) is 9.59 Å². The van der Waals surface area contributed by atoms with Crippen molar-refractivity contribution < 1.29 is 14.3 Å². The second kappa shape index (κ2) is 8.74. The number of benzene rings is 2. The van der Waals surface area contributed by atoms with Gasteiger partial charge in [0.1, 0.15) is 5.75 Å². The molecule has 0 atom stereocenters. The average Bonchev–Trinajstić information content (AvgIpc) is 2.56. The van der Waals surface area contributed by atoms with E-state index in [4.69, 9.17) is 27.9 Å². The molecule has 0 heterocycles. The Balaban J connectivity index is 1.81. The van der Waals surface area contributed by atoms with Gasteiger partial charge < -0.3 is 15.4 Å². The number of rotatable bonds is 6. The summed E-state index contributed by atoms with van der Waals surface area (Å²) in [5, 5.41) is 5.89. The zero-order valence-electron chi connectivity index (χ0n) is 13.9. The zero-order valence-corrected chi connectivity index (χ0v) is 15.4. The summed E-state index contributed by atoms with van der Waals surface area (Å²) in [6.45, 7) is 3.44. The highest BCUT2D eigenvalue weighted by atomic mass is 35.5. The number of hydrogen-bond acceptors (Lipinski definition) is 3. The predicted molar refractivity (Wildman–Crippen MR) is 99.5 cm³/mol. The molecular weight excluding hydrogens is 363 g/mol. The van der Waals surface area contributed by atoms with Crippen molar-refractivity contribution in [3.63, 3.8) is 0 Å². The highest BCUT2D eigenvalue weighted by Gasteiger charge is 2.10. The summed E-state index contributed by atoms with van der Waals surface area (Å²) in [5.41, 5.74) is 2.28. The van der Waals surface area contributed by atoms with Crippen LogP contribution in [0.3, 0.4) is 0 Å². The van der Waals surface area contributed by atoms with E-state index in [9.17, 15) is 9.59 Å². The van der Waals surface area contributed by atoms with Gasteiger partial charge in [0.15, 0.2) is 6.61 Å². The topological polar surface area (TPSA) is 67.4 Å². The second-order valence-electron chi connectivity index (χ2n) is 5.46. The van der Waals surface area contributed by atoms with Crippen LogP contribution < -0.4 is 15.4 Å². The van der Waals surface area contributed by atoms with E-state index in [1.807, 2.05) is 32.0 Å². The minimum Gasteiger partial charge on any atom is -0.483 e. The molecule has 0 unspecified atom stereocenters. The molecular formula is C18H18Cl2N2O3. The van der Waals surface area contributed by atoms with Crippen LogP contribution >= 0.6 is 23.2 Å². The van der Waals surface area contributed by atoms with Crippen molar-refractivity contribution in [3.8, 4) is 5.75 Å². The van der Waals surface area contributed by atoms with Crippen molar-refractivity contribution in [2.24, 2.45) is 0 Å². The van der Waals surface area contributed by atoms with Crippen LogP contribution in [0.15, 0.2) is 36.4 Å². The fourth-order valence-electron chi connectivity index (χ4n) is 2.18. The van der Waals surface area contributed by atoms with E-state index in [1.165, 1.54) is 6.07 Å². The highest BCUT2D eigenvalue weighted by molar-refractivity contribution is 6.35. The molecule has 0 spiro atoms. The van der Waals surface area contributed by atoms with E-state index < -0.39 is 11.8 Å². The lowest BCUT2D eigenvalue weighted by atomic mass is 10.1. The zero-order chi connectivity index (χ0) is 18.4. The first-order chi connectivity index (χ1) is 11.9. The Bertz CT molecular complexity index is 774. The quantitative estimate of drug-likeness (QED) is 0.801. The maximum Gasteiger partial charge on any atom is 0.258 e. The Morgan fingerprint density at radius 1 is 1.04 bits per heavy atom. The number of carbonyl (C=O) groups is 2. The first-order valence-corrected chi connectivity index (χ1v) is 8.33. The van der Waals surface area contributed by atoms with E-state index in [-0.39, 0.29) is 13.2 Å². The third-order valence-electron chi connectivity index (χ3n) is 3.40. The van der Waals surface area contributed by atoms with E-state index >= 15 is 0 Å². The summed E-state index contributed by atoms with van der Waals surface area (Å²) in [5.74, 6) is -0.132. The number of anilines is 1. The second-order valence-corrected chi connectivity index (χ2v) is 6.30. The number of nitrogens with one attached hydrogen (secondary N) is 2. The third kappa shape index (κ3) is 5.66. The fraction of sp³-hybridized carbons (Fsp3) is 0.222. The van der Waals surface area contributed by atoms with Gasteiger partial charge in [-0.05, 0) is 43.2 Å². The van der Waals surface area contributed by atoms with Crippen molar-refractivity contribution in [2.75, 3.05) is 18.5 Å². The highest BCUT2D eigenvalue weighted by Crippen LogP contribution is 2.25. The van der Waals surface area contributed by atoms with Crippen LogP contribution in [0.4, 0.5) is 5.69 Å². The number of hydrogen-bond donors (Lipinski definition) is 2. The largest absolute Gasteiger partial charge is 0.483 e. The lowest BCUT2D eigenvalue weighted by Gasteiger charge is -2.12. The van der Waals surface area contributed by atoms with Gasteiger partial charge >= 0.3 is 0 Å². The van der Waals surface area contributed by atoms with Crippen LogP contribution in [0, 0.1) is 13.8 Å². The Hall–Kier alpha value is -2.24. The Morgan fingerprint density at radius 3 is 2.40 bits per heavy atom. The number of halogens is 2. The monoisotopic (exact) mass is 380 g/mol. The van der Waals surface area contributed by atoms with Gasteiger partial charge in [-0.15, -0.1) is 0 Å². The summed E-state index contributed by atoms with van der Waals surface area (Å²) in [6, 6.07) is 10.5. The molecule has 0 bridgehead atoms. The molecule has 132 valence electrons. The molecule has 0 aromatic heterocycles. The number of ether oxygens (including phenoxy) is 1. The SMILES string of the molecule is Cc1cccc(C)c1OCC(=O)NCC(=O)Nc1cc(Cl)ccc1Cl. The smallest absolute Gasteiger partial charge is 0.258 e. The molecule has 2 amide bonds. The molecule has 2 aromatic carbocycles. The van der Waals surface area contributed by atoms with Gasteiger partial charge in [-0.25, -0.2) is 0 Å². The van der Waals surface area contributed by atoms with Gasteiger partial charge in [0.25, 0.3) is 5.91 Å². The van der Waals surface area contributed by atoms with E-state index in [0.29, 0.717) is 21.5 Å². The standard InChI is InChI=1S/C18H18Cl2N2O3/c1-11-4-3-5-12(2)18(11)25-10-17(24)21-9-16(23)22-15-8-13(19)6-7-14(15)20/h3-8H,9-10H2,1-2H3,(H,21,24)(H,22,23). The number of amides is 2. The van der Waals surface area contributed by atoms with Crippen molar-refractivity contribution in [1.29, 1.82) is 0 Å². The summed E-state index contributed by atoms with van der Waals surface area (Å²) in [6.07, 6.45) is 0. The first kappa shape index (κ1) is 19.1. The lowest BCUT2D eigenvalue weighted by Crippen LogP contribution is -2.35. The molecule has 0 saturated heterocycles. The molecule has 5 nitrogen and oxygen atoms in total. The minimum absolute atomic E-state index is 0.170. The molecule has 0 aliphatic heterocycles.